The molecule has 0 aliphatic carbocycles. The number of nitriles is 1. The highest BCUT2D eigenvalue weighted by atomic mass is 16.4. The smallest absolute Gasteiger partial charge is 0.416 e. The summed E-state index contributed by atoms with van der Waals surface area (Å²) in [7, 11) is 0. The molecule has 5 heteroatoms. The van der Waals surface area contributed by atoms with Gasteiger partial charge in [0.05, 0.1) is 11.6 Å². The van der Waals surface area contributed by atoms with Gasteiger partial charge in [0.25, 0.3) is 0 Å². The fraction of sp³-hybridized carbons (Fsp3) is 0.360. The summed E-state index contributed by atoms with van der Waals surface area (Å²) in [5.74, 6) is 0.420. The summed E-state index contributed by atoms with van der Waals surface area (Å²) in [5.41, 5.74) is 5.42. The van der Waals surface area contributed by atoms with Gasteiger partial charge in [0.15, 0.2) is 0 Å². The van der Waals surface area contributed by atoms with E-state index in [2.05, 4.69) is 48.2 Å². The molecule has 2 heterocycles. The van der Waals surface area contributed by atoms with Crippen LogP contribution in [-0.4, -0.2) is 27.2 Å². The van der Waals surface area contributed by atoms with Crippen LogP contribution in [0.5, 0.6) is 0 Å². The van der Waals surface area contributed by atoms with E-state index in [0.29, 0.717) is 12.3 Å². The van der Waals surface area contributed by atoms with Crippen molar-refractivity contribution in [3.63, 3.8) is 0 Å². The Kier molecular flexibility index (Phi) is 5.61. The van der Waals surface area contributed by atoms with Gasteiger partial charge in [0, 0.05) is 30.6 Å². The number of aryl methyl sites for hydroxylation is 2. The molecule has 0 radical (unpaired) electrons. The molecular formula is C25H27N3O2. The normalized spacial score (nSPS) is 19.6. The second-order valence-electron chi connectivity index (χ2n) is 8.37. The molecule has 5 nitrogen and oxygen atoms in total. The first-order valence-electron chi connectivity index (χ1n) is 10.5. The summed E-state index contributed by atoms with van der Waals surface area (Å²) >= 11 is 0. The molecule has 1 fully saturated rings. The molecule has 1 saturated heterocycles. The Hall–Kier alpha value is -3.10. The first kappa shape index (κ1) is 20.2. The van der Waals surface area contributed by atoms with Crippen LogP contribution in [-0.2, 0) is 6.54 Å². The molecule has 0 spiro atoms. The lowest BCUT2D eigenvalue weighted by Gasteiger charge is -2.40. The quantitative estimate of drug-likeness (QED) is 0.613. The lowest BCUT2D eigenvalue weighted by molar-refractivity contribution is 0.106. The first-order valence-corrected chi connectivity index (χ1v) is 10.5. The van der Waals surface area contributed by atoms with Gasteiger partial charge in [-0.1, -0.05) is 36.4 Å². The Labute approximate surface area is 177 Å². The second-order valence-corrected chi connectivity index (χ2v) is 8.37. The maximum atomic E-state index is 11.7. The fourth-order valence-electron chi connectivity index (χ4n) is 4.96. The third-order valence-corrected chi connectivity index (χ3v) is 6.45. The standard InChI is InChI=1S/C25H27N3O2/c1-17-14-18(2)24-21(10-13-28(24)25(29)30)22(17)16-27-12-9-19(8-11-26)15-23(27)20-6-4-3-5-7-20/h3-7,10,13-14,19,23H,8-9,12,15-16H2,1-2H3,(H,29,30). The van der Waals surface area contributed by atoms with E-state index in [1.165, 1.54) is 21.3 Å². The zero-order chi connectivity index (χ0) is 21.3. The number of nitrogens with zero attached hydrogens (tertiary/aromatic N) is 3. The molecule has 2 aromatic carbocycles. The Morgan fingerprint density at radius 1 is 1.20 bits per heavy atom. The van der Waals surface area contributed by atoms with Crippen molar-refractivity contribution >= 4 is 17.0 Å². The molecular weight excluding hydrogens is 374 g/mol. The minimum absolute atomic E-state index is 0.260. The van der Waals surface area contributed by atoms with Crippen LogP contribution in [0.15, 0.2) is 48.7 Å². The number of fused-ring (bicyclic) bond motifs is 1. The summed E-state index contributed by atoms with van der Waals surface area (Å²) in [6.07, 6.45) is 3.29. The van der Waals surface area contributed by atoms with E-state index in [4.69, 9.17) is 0 Å². The zero-order valence-electron chi connectivity index (χ0n) is 17.5. The molecule has 0 amide bonds. The Morgan fingerprint density at radius 2 is 1.97 bits per heavy atom. The van der Waals surface area contributed by atoms with Crippen molar-refractivity contribution in [3.05, 3.63) is 70.9 Å². The number of piperidine rings is 1. The van der Waals surface area contributed by atoms with E-state index in [-0.39, 0.29) is 6.04 Å². The van der Waals surface area contributed by atoms with Gasteiger partial charge in [-0.3, -0.25) is 9.47 Å². The predicted octanol–water partition coefficient (Wildman–Crippen LogP) is 5.65. The average molecular weight is 402 g/mol. The van der Waals surface area contributed by atoms with Crippen LogP contribution in [0.2, 0.25) is 0 Å². The monoisotopic (exact) mass is 401 g/mol. The zero-order valence-corrected chi connectivity index (χ0v) is 17.5. The second kappa shape index (κ2) is 8.33. The molecule has 0 bridgehead atoms. The van der Waals surface area contributed by atoms with Crippen LogP contribution in [0.25, 0.3) is 10.9 Å². The van der Waals surface area contributed by atoms with Crippen LogP contribution in [0, 0.1) is 31.1 Å². The van der Waals surface area contributed by atoms with E-state index < -0.39 is 6.09 Å². The Morgan fingerprint density at radius 3 is 2.67 bits per heavy atom. The van der Waals surface area contributed by atoms with Crippen molar-refractivity contribution in [3.8, 4) is 6.07 Å². The minimum Gasteiger partial charge on any atom is -0.464 e. The van der Waals surface area contributed by atoms with Gasteiger partial charge in [-0.25, -0.2) is 4.79 Å². The van der Waals surface area contributed by atoms with Crippen molar-refractivity contribution in [1.29, 1.82) is 5.26 Å². The number of hydrogen-bond donors (Lipinski definition) is 1. The predicted molar refractivity (Wildman–Crippen MR) is 117 cm³/mol. The molecule has 30 heavy (non-hydrogen) atoms. The van der Waals surface area contributed by atoms with Crippen molar-refractivity contribution in [2.45, 2.75) is 45.7 Å². The largest absolute Gasteiger partial charge is 0.464 e. The number of aromatic nitrogens is 1. The van der Waals surface area contributed by atoms with E-state index >= 15 is 0 Å². The third-order valence-electron chi connectivity index (χ3n) is 6.45. The van der Waals surface area contributed by atoms with Crippen molar-refractivity contribution < 1.29 is 9.90 Å². The maximum absolute atomic E-state index is 11.7. The van der Waals surface area contributed by atoms with Crippen molar-refractivity contribution in [2.24, 2.45) is 5.92 Å². The molecule has 2 unspecified atom stereocenters. The van der Waals surface area contributed by atoms with Crippen molar-refractivity contribution in [1.82, 2.24) is 9.47 Å². The van der Waals surface area contributed by atoms with Gasteiger partial charge in [-0.05, 0) is 67.5 Å². The lowest BCUT2D eigenvalue weighted by atomic mass is 9.85. The molecule has 1 N–H and O–H groups in total. The third kappa shape index (κ3) is 3.71. The molecule has 1 aliphatic heterocycles. The van der Waals surface area contributed by atoms with Crippen LogP contribution >= 0.6 is 0 Å². The highest BCUT2D eigenvalue weighted by Gasteiger charge is 2.30. The maximum Gasteiger partial charge on any atom is 0.416 e. The van der Waals surface area contributed by atoms with Gasteiger partial charge in [0.1, 0.15) is 0 Å². The van der Waals surface area contributed by atoms with Gasteiger partial charge in [-0.2, -0.15) is 5.26 Å². The SMILES string of the molecule is Cc1cc(C)c2c(ccn2C(=O)O)c1CN1CCC(CC#N)CC1c1ccccc1. The van der Waals surface area contributed by atoms with Crippen molar-refractivity contribution in [2.75, 3.05) is 6.54 Å². The summed E-state index contributed by atoms with van der Waals surface area (Å²) < 4.78 is 1.32. The topological polar surface area (TPSA) is 69.3 Å². The summed E-state index contributed by atoms with van der Waals surface area (Å²) in [5, 5.41) is 19.8. The molecule has 0 saturated carbocycles. The summed E-state index contributed by atoms with van der Waals surface area (Å²) in [4.78, 5) is 14.2. The average Bonchev–Trinajstić information content (AvgIpc) is 3.19. The molecule has 1 aliphatic rings. The van der Waals surface area contributed by atoms with Crippen LogP contribution in [0.1, 0.15) is 47.6 Å². The van der Waals surface area contributed by atoms with E-state index in [9.17, 15) is 15.2 Å². The van der Waals surface area contributed by atoms with E-state index in [1.807, 2.05) is 19.1 Å². The van der Waals surface area contributed by atoms with E-state index in [1.54, 1.807) is 6.20 Å². The number of hydrogen-bond acceptors (Lipinski definition) is 3. The molecule has 1 aromatic heterocycles. The molecule has 4 rings (SSSR count). The van der Waals surface area contributed by atoms with Gasteiger partial charge in [-0.15, -0.1) is 0 Å². The fourth-order valence-corrected chi connectivity index (χ4v) is 4.96. The number of benzene rings is 2. The van der Waals surface area contributed by atoms with Crippen LogP contribution in [0.4, 0.5) is 4.79 Å². The molecule has 154 valence electrons. The van der Waals surface area contributed by atoms with Crippen LogP contribution < -0.4 is 0 Å². The number of rotatable bonds is 4. The summed E-state index contributed by atoms with van der Waals surface area (Å²) in [6.45, 7) is 5.78. The molecule has 2 atom stereocenters. The highest BCUT2D eigenvalue weighted by molar-refractivity contribution is 5.93. The van der Waals surface area contributed by atoms with E-state index in [0.717, 1.165) is 42.4 Å². The highest BCUT2D eigenvalue weighted by Crippen LogP contribution is 2.38. The number of likely N-dealkylation sites (tertiary alicyclic amines) is 1. The summed E-state index contributed by atoms with van der Waals surface area (Å²) in [6, 6.07) is 17.2. The first-order chi connectivity index (χ1) is 14.5. The Balaban J connectivity index is 1.73. The number of carbonyl (C=O) groups is 1. The minimum atomic E-state index is -0.956. The van der Waals surface area contributed by atoms with Gasteiger partial charge in [0.2, 0.25) is 0 Å². The lowest BCUT2D eigenvalue weighted by Crippen LogP contribution is -2.36. The van der Waals surface area contributed by atoms with Crippen LogP contribution in [0.3, 0.4) is 0 Å². The van der Waals surface area contributed by atoms with Gasteiger partial charge >= 0.3 is 6.09 Å². The Bertz CT molecular complexity index is 1110. The molecule has 3 aromatic rings. The number of carboxylic acid groups (broad SMARTS) is 1. The van der Waals surface area contributed by atoms with Gasteiger partial charge < -0.3 is 5.11 Å².